The average Bonchev–Trinajstić information content (AvgIpc) is 3.72. The molecule has 3 fully saturated rings. The summed E-state index contributed by atoms with van der Waals surface area (Å²) >= 11 is 0. The van der Waals surface area contributed by atoms with Gasteiger partial charge in [0.15, 0.2) is 5.78 Å². The van der Waals surface area contributed by atoms with Gasteiger partial charge in [-0.15, -0.1) is 0 Å². The number of carbonyl (C=O) groups is 2. The third-order valence-electron chi connectivity index (χ3n) is 10.6. The van der Waals surface area contributed by atoms with Gasteiger partial charge in [0.2, 0.25) is 0 Å². The summed E-state index contributed by atoms with van der Waals surface area (Å²) in [5.74, 6) is 3.23. The van der Waals surface area contributed by atoms with E-state index in [0.717, 1.165) is 31.0 Å². The lowest BCUT2D eigenvalue weighted by Crippen LogP contribution is -2.41. The van der Waals surface area contributed by atoms with Gasteiger partial charge in [0.1, 0.15) is 5.78 Å². The van der Waals surface area contributed by atoms with Gasteiger partial charge in [0.25, 0.3) is 0 Å². The van der Waals surface area contributed by atoms with Gasteiger partial charge in [-0.1, -0.05) is 61.4 Å². The number of Topliss-reactive ketones (excluding diaryl/α,β-unsaturated/α-hetero) is 1. The smallest absolute Gasteiger partial charge is 0.156 e. The van der Waals surface area contributed by atoms with Gasteiger partial charge in [-0.05, 0) is 103 Å². The summed E-state index contributed by atoms with van der Waals surface area (Å²) in [7, 11) is 0. The molecule has 4 unspecified atom stereocenters. The fourth-order valence-corrected chi connectivity index (χ4v) is 8.61. The monoisotopic (exact) mass is 538 g/mol. The van der Waals surface area contributed by atoms with Crippen LogP contribution in [0.2, 0.25) is 0 Å². The molecule has 0 radical (unpaired) electrons. The Bertz CT molecular complexity index is 1290. The van der Waals surface area contributed by atoms with Crippen molar-refractivity contribution in [1.29, 1.82) is 0 Å². The van der Waals surface area contributed by atoms with Crippen LogP contribution in [-0.4, -0.2) is 18.1 Å². The second-order valence-corrected chi connectivity index (χ2v) is 13.2. The van der Waals surface area contributed by atoms with Gasteiger partial charge in [-0.25, -0.2) is 0 Å². The number of allylic oxidation sites excluding steroid dienone is 6. The molecular formula is C36H46N2O2. The van der Waals surface area contributed by atoms with E-state index < -0.39 is 0 Å². The fourth-order valence-electron chi connectivity index (χ4n) is 8.61. The maximum absolute atomic E-state index is 12.3. The van der Waals surface area contributed by atoms with E-state index in [2.05, 4.69) is 48.4 Å². The molecule has 1 aromatic carbocycles. The molecule has 1 aromatic rings. The first-order valence-electron chi connectivity index (χ1n) is 15.8. The third kappa shape index (κ3) is 5.27. The van der Waals surface area contributed by atoms with Crippen molar-refractivity contribution in [1.82, 2.24) is 10.6 Å². The third-order valence-corrected chi connectivity index (χ3v) is 10.6. The largest absolute Gasteiger partial charge is 0.372 e. The van der Waals surface area contributed by atoms with Crippen LogP contribution >= 0.6 is 0 Å². The number of nitrogens with one attached hydrogen (secondary N) is 2. The summed E-state index contributed by atoms with van der Waals surface area (Å²) in [6.07, 6.45) is 14.5. The Hall–Kier alpha value is -2.88. The number of hydrogen-bond donors (Lipinski definition) is 2. The van der Waals surface area contributed by atoms with Gasteiger partial charge in [0.05, 0.1) is 5.82 Å². The Kier molecular flexibility index (Phi) is 7.63. The van der Waals surface area contributed by atoms with Crippen molar-refractivity contribution in [3.05, 3.63) is 81.7 Å². The zero-order chi connectivity index (χ0) is 27.9. The van der Waals surface area contributed by atoms with Gasteiger partial charge in [-0.2, -0.15) is 0 Å². The van der Waals surface area contributed by atoms with Crippen molar-refractivity contribution in [2.75, 3.05) is 6.54 Å². The van der Waals surface area contributed by atoms with E-state index in [-0.39, 0.29) is 0 Å². The Morgan fingerprint density at radius 1 is 1.00 bits per heavy atom. The SMILES string of the molecule is C=C(NCCC(=O)CCC)NCc1ccc(C2CC3(C)C(=C4CC4)CCC3C3CCC4=CC(=O)CCC4=C23)cc1. The van der Waals surface area contributed by atoms with E-state index >= 15 is 0 Å². The minimum absolute atomic E-state index is 0.304. The second kappa shape index (κ2) is 11.2. The molecule has 212 valence electrons. The summed E-state index contributed by atoms with van der Waals surface area (Å²) in [5, 5.41) is 6.62. The molecule has 0 bridgehead atoms. The van der Waals surface area contributed by atoms with E-state index in [1.165, 1.54) is 55.2 Å². The Balaban J connectivity index is 1.21. The van der Waals surface area contributed by atoms with Crippen LogP contribution < -0.4 is 10.6 Å². The average molecular weight is 539 g/mol. The molecule has 5 aliphatic rings. The molecule has 3 saturated carbocycles. The normalized spacial score (nSPS) is 28.9. The lowest BCUT2D eigenvalue weighted by molar-refractivity contribution is -0.119. The highest BCUT2D eigenvalue weighted by molar-refractivity contribution is 5.93. The summed E-state index contributed by atoms with van der Waals surface area (Å²) in [6.45, 7) is 10.1. The number of hydrogen-bond acceptors (Lipinski definition) is 4. The van der Waals surface area contributed by atoms with Crippen molar-refractivity contribution in [3.8, 4) is 0 Å². The maximum Gasteiger partial charge on any atom is 0.156 e. The summed E-state index contributed by atoms with van der Waals surface area (Å²) in [6, 6.07) is 9.27. The lowest BCUT2D eigenvalue weighted by Gasteiger charge is -2.51. The predicted molar refractivity (Wildman–Crippen MR) is 161 cm³/mol. The van der Waals surface area contributed by atoms with Gasteiger partial charge >= 0.3 is 0 Å². The molecule has 0 spiro atoms. The Morgan fingerprint density at radius 2 is 1.80 bits per heavy atom. The number of ketones is 2. The van der Waals surface area contributed by atoms with Crippen LogP contribution in [-0.2, 0) is 16.1 Å². The Morgan fingerprint density at radius 3 is 2.55 bits per heavy atom. The fraction of sp³-hybridized carbons (Fsp3) is 0.556. The predicted octanol–water partition coefficient (Wildman–Crippen LogP) is 7.59. The number of rotatable bonds is 10. The topological polar surface area (TPSA) is 58.2 Å². The number of fused-ring (bicyclic) bond motifs is 4. The quantitative estimate of drug-likeness (QED) is 0.301. The molecule has 6 rings (SSSR count). The maximum atomic E-state index is 12.3. The standard InChI is InChI=1S/C36H46N2O2/c1-4-5-28(39)18-19-37-23(2)38-22-24-6-8-25(9-7-24)32-21-36(3)33(26-10-11-26)16-17-34(36)31-14-12-27-20-29(40)13-15-30(27)35(31)32/h6-9,20,31-32,34,37-38H,2,4-5,10-19,21-22H2,1,3H3. The lowest BCUT2D eigenvalue weighted by atomic mass is 9.53. The molecule has 0 aliphatic heterocycles. The van der Waals surface area contributed by atoms with Crippen molar-refractivity contribution >= 4 is 11.6 Å². The zero-order valence-corrected chi connectivity index (χ0v) is 24.5. The van der Waals surface area contributed by atoms with Crippen LogP contribution in [0.4, 0.5) is 0 Å². The molecule has 4 nitrogen and oxygen atoms in total. The van der Waals surface area contributed by atoms with Crippen LogP contribution in [0.15, 0.2) is 70.6 Å². The summed E-state index contributed by atoms with van der Waals surface area (Å²) < 4.78 is 0. The molecule has 2 N–H and O–H groups in total. The summed E-state index contributed by atoms with van der Waals surface area (Å²) in [4.78, 5) is 24.1. The van der Waals surface area contributed by atoms with E-state index in [1.807, 2.05) is 18.6 Å². The van der Waals surface area contributed by atoms with Crippen LogP contribution in [0.25, 0.3) is 0 Å². The first-order valence-corrected chi connectivity index (χ1v) is 15.8. The molecule has 4 atom stereocenters. The van der Waals surface area contributed by atoms with Gasteiger partial charge in [0, 0.05) is 38.3 Å². The van der Waals surface area contributed by atoms with Crippen LogP contribution in [0, 0.1) is 17.3 Å². The van der Waals surface area contributed by atoms with Crippen molar-refractivity contribution in [3.63, 3.8) is 0 Å². The highest BCUT2D eigenvalue weighted by atomic mass is 16.1. The molecule has 0 aromatic heterocycles. The molecule has 0 amide bonds. The highest BCUT2D eigenvalue weighted by Crippen LogP contribution is 2.67. The number of benzene rings is 1. The van der Waals surface area contributed by atoms with E-state index in [4.69, 9.17) is 0 Å². The van der Waals surface area contributed by atoms with Gasteiger partial charge < -0.3 is 10.6 Å². The van der Waals surface area contributed by atoms with E-state index in [9.17, 15) is 9.59 Å². The van der Waals surface area contributed by atoms with E-state index in [0.29, 0.717) is 61.2 Å². The molecule has 4 heteroatoms. The molecule has 0 saturated heterocycles. The highest BCUT2D eigenvalue weighted by Gasteiger charge is 2.55. The molecule has 40 heavy (non-hydrogen) atoms. The van der Waals surface area contributed by atoms with Crippen molar-refractivity contribution < 1.29 is 9.59 Å². The van der Waals surface area contributed by atoms with Gasteiger partial charge in [-0.3, -0.25) is 9.59 Å². The summed E-state index contributed by atoms with van der Waals surface area (Å²) in [5.41, 5.74) is 11.2. The first-order chi connectivity index (χ1) is 19.4. The minimum atomic E-state index is 0.304. The van der Waals surface area contributed by atoms with Crippen molar-refractivity contribution in [2.45, 2.75) is 103 Å². The second-order valence-electron chi connectivity index (χ2n) is 13.2. The molecule has 5 aliphatic carbocycles. The Labute approximate surface area is 240 Å². The van der Waals surface area contributed by atoms with Crippen LogP contribution in [0.5, 0.6) is 0 Å². The van der Waals surface area contributed by atoms with Crippen LogP contribution in [0.3, 0.4) is 0 Å². The minimum Gasteiger partial charge on any atom is -0.372 e. The molecular weight excluding hydrogens is 492 g/mol. The number of carbonyl (C=O) groups excluding carboxylic acids is 2. The zero-order valence-electron chi connectivity index (χ0n) is 24.5. The molecule has 0 heterocycles. The van der Waals surface area contributed by atoms with E-state index in [1.54, 1.807) is 16.7 Å². The van der Waals surface area contributed by atoms with Crippen molar-refractivity contribution in [2.24, 2.45) is 17.3 Å². The first kappa shape index (κ1) is 27.3. The van der Waals surface area contributed by atoms with Crippen LogP contribution in [0.1, 0.15) is 108 Å².